The summed E-state index contributed by atoms with van der Waals surface area (Å²) in [5.74, 6) is -0.0989. The van der Waals surface area contributed by atoms with E-state index in [1.807, 2.05) is 32.9 Å². The molecule has 1 aromatic heterocycles. The van der Waals surface area contributed by atoms with Gasteiger partial charge in [-0.3, -0.25) is 9.78 Å². The number of hydrogen-bond acceptors (Lipinski definition) is 4. The molecule has 1 aliphatic rings. The molecule has 0 aromatic carbocycles. The number of carbonyl (C=O) groups is 2. The molecular weight excluding hydrogens is 306 g/mol. The summed E-state index contributed by atoms with van der Waals surface area (Å²) in [6.07, 6.45) is 4.73. The van der Waals surface area contributed by atoms with E-state index in [1.165, 1.54) is 0 Å². The molecule has 132 valence electrons. The average molecular weight is 333 g/mol. The smallest absolute Gasteiger partial charge is 0.410 e. The first-order chi connectivity index (χ1) is 11.3. The maximum absolute atomic E-state index is 12.7. The number of rotatable bonds is 3. The summed E-state index contributed by atoms with van der Waals surface area (Å²) < 4.78 is 5.42. The van der Waals surface area contributed by atoms with Gasteiger partial charge in [0.15, 0.2) is 0 Å². The van der Waals surface area contributed by atoms with Crippen LogP contribution in [0.2, 0.25) is 0 Å². The Hall–Kier alpha value is -2.11. The second-order valence-corrected chi connectivity index (χ2v) is 7.32. The summed E-state index contributed by atoms with van der Waals surface area (Å²) in [6.45, 7) is 7.16. The molecule has 0 N–H and O–H groups in total. The standard InChI is InChI=1S/C18H27N3O3/c1-18(2,3)24-17(23)21-11-5-6-15(13-21)16(22)20(4)12-14-7-9-19-10-8-14/h7-10,15H,5-6,11-13H2,1-4H3/t15-/m0/s1. The summed E-state index contributed by atoms with van der Waals surface area (Å²) in [6, 6.07) is 3.80. The SMILES string of the molecule is CN(Cc1ccncc1)C(=O)[C@H]1CCCN(C(=O)OC(C)(C)C)C1. The first kappa shape index (κ1) is 18.2. The van der Waals surface area contributed by atoms with E-state index in [-0.39, 0.29) is 17.9 Å². The van der Waals surface area contributed by atoms with E-state index in [4.69, 9.17) is 4.74 Å². The monoisotopic (exact) mass is 333 g/mol. The highest BCUT2D eigenvalue weighted by Crippen LogP contribution is 2.21. The lowest BCUT2D eigenvalue weighted by Crippen LogP contribution is -2.47. The van der Waals surface area contributed by atoms with E-state index in [0.29, 0.717) is 19.6 Å². The maximum Gasteiger partial charge on any atom is 0.410 e. The predicted octanol–water partition coefficient (Wildman–Crippen LogP) is 2.69. The van der Waals surface area contributed by atoms with Crippen LogP contribution in [-0.4, -0.2) is 52.5 Å². The normalized spacial score (nSPS) is 18.2. The third kappa shape index (κ3) is 5.22. The molecule has 1 saturated heterocycles. The van der Waals surface area contributed by atoms with Crippen molar-refractivity contribution in [3.8, 4) is 0 Å². The van der Waals surface area contributed by atoms with Crippen molar-refractivity contribution in [2.45, 2.75) is 45.8 Å². The van der Waals surface area contributed by atoms with Gasteiger partial charge in [0.2, 0.25) is 5.91 Å². The Bertz CT molecular complexity index is 569. The molecule has 0 bridgehead atoms. The zero-order chi connectivity index (χ0) is 17.7. The number of amides is 2. The fourth-order valence-corrected chi connectivity index (χ4v) is 2.82. The van der Waals surface area contributed by atoms with Crippen molar-refractivity contribution in [1.29, 1.82) is 0 Å². The van der Waals surface area contributed by atoms with Gasteiger partial charge in [-0.2, -0.15) is 0 Å². The zero-order valence-corrected chi connectivity index (χ0v) is 15.0. The fourth-order valence-electron chi connectivity index (χ4n) is 2.82. The van der Waals surface area contributed by atoms with Crippen LogP contribution < -0.4 is 0 Å². The summed E-state index contributed by atoms with van der Waals surface area (Å²) in [7, 11) is 1.80. The molecule has 24 heavy (non-hydrogen) atoms. The molecule has 6 heteroatoms. The molecule has 1 aliphatic heterocycles. The number of hydrogen-bond donors (Lipinski definition) is 0. The molecule has 6 nitrogen and oxygen atoms in total. The highest BCUT2D eigenvalue weighted by molar-refractivity contribution is 5.80. The molecule has 1 atom stereocenters. The highest BCUT2D eigenvalue weighted by Gasteiger charge is 2.32. The van der Waals surface area contributed by atoms with Crippen molar-refractivity contribution < 1.29 is 14.3 Å². The van der Waals surface area contributed by atoms with Gasteiger partial charge in [-0.1, -0.05) is 0 Å². The molecule has 0 unspecified atom stereocenters. The van der Waals surface area contributed by atoms with Crippen LogP contribution in [0.25, 0.3) is 0 Å². The molecular formula is C18H27N3O3. The molecule has 0 aliphatic carbocycles. The van der Waals surface area contributed by atoms with Gasteiger partial charge in [-0.05, 0) is 51.3 Å². The van der Waals surface area contributed by atoms with Crippen LogP contribution in [0.5, 0.6) is 0 Å². The van der Waals surface area contributed by atoms with Crippen LogP contribution >= 0.6 is 0 Å². The first-order valence-electron chi connectivity index (χ1n) is 8.38. The van der Waals surface area contributed by atoms with Crippen molar-refractivity contribution in [2.75, 3.05) is 20.1 Å². The van der Waals surface area contributed by atoms with Crippen LogP contribution in [0.15, 0.2) is 24.5 Å². The van der Waals surface area contributed by atoms with Gasteiger partial charge in [0.25, 0.3) is 0 Å². The summed E-state index contributed by atoms with van der Waals surface area (Å²) in [4.78, 5) is 32.3. The average Bonchev–Trinajstić information content (AvgIpc) is 2.53. The third-order valence-corrected chi connectivity index (χ3v) is 3.97. The molecule has 0 radical (unpaired) electrons. The quantitative estimate of drug-likeness (QED) is 0.853. The van der Waals surface area contributed by atoms with E-state index in [9.17, 15) is 9.59 Å². The van der Waals surface area contributed by atoms with Gasteiger partial charge in [-0.25, -0.2) is 4.79 Å². The molecule has 1 aromatic rings. The minimum Gasteiger partial charge on any atom is -0.444 e. The van der Waals surface area contributed by atoms with Crippen molar-refractivity contribution in [3.63, 3.8) is 0 Å². The van der Waals surface area contributed by atoms with E-state index >= 15 is 0 Å². The van der Waals surface area contributed by atoms with E-state index in [1.54, 1.807) is 29.2 Å². The zero-order valence-electron chi connectivity index (χ0n) is 15.0. The minimum atomic E-state index is -0.522. The maximum atomic E-state index is 12.7. The van der Waals surface area contributed by atoms with Crippen LogP contribution in [-0.2, 0) is 16.1 Å². The Kier molecular flexibility index (Phi) is 5.80. The summed E-state index contributed by atoms with van der Waals surface area (Å²) in [5.41, 5.74) is 0.521. The Labute approximate surface area is 143 Å². The molecule has 0 spiro atoms. The molecule has 1 fully saturated rings. The van der Waals surface area contributed by atoms with Crippen molar-refractivity contribution in [1.82, 2.24) is 14.8 Å². The Morgan fingerprint density at radius 3 is 2.62 bits per heavy atom. The van der Waals surface area contributed by atoms with Gasteiger partial charge in [0.1, 0.15) is 5.60 Å². The van der Waals surface area contributed by atoms with Gasteiger partial charge in [0.05, 0.1) is 5.92 Å². The largest absolute Gasteiger partial charge is 0.444 e. The van der Waals surface area contributed by atoms with Crippen LogP contribution in [0, 0.1) is 5.92 Å². The van der Waals surface area contributed by atoms with E-state index in [0.717, 1.165) is 18.4 Å². The Morgan fingerprint density at radius 1 is 1.33 bits per heavy atom. The lowest BCUT2D eigenvalue weighted by molar-refractivity contribution is -0.136. The minimum absolute atomic E-state index is 0.0695. The molecule has 2 heterocycles. The van der Waals surface area contributed by atoms with Gasteiger partial charge in [-0.15, -0.1) is 0 Å². The van der Waals surface area contributed by atoms with Crippen LogP contribution in [0.4, 0.5) is 4.79 Å². The van der Waals surface area contributed by atoms with E-state index in [2.05, 4.69) is 4.98 Å². The van der Waals surface area contributed by atoms with Crippen molar-refractivity contribution in [3.05, 3.63) is 30.1 Å². The number of piperidine rings is 1. The second kappa shape index (κ2) is 7.64. The lowest BCUT2D eigenvalue weighted by Gasteiger charge is -2.35. The predicted molar refractivity (Wildman–Crippen MR) is 91.2 cm³/mol. The Balaban J connectivity index is 1.93. The number of nitrogens with zero attached hydrogens (tertiary/aromatic N) is 3. The number of carbonyl (C=O) groups excluding carboxylic acids is 2. The second-order valence-electron chi connectivity index (χ2n) is 7.32. The van der Waals surface area contributed by atoms with Gasteiger partial charge in [0, 0.05) is 39.1 Å². The summed E-state index contributed by atoms with van der Waals surface area (Å²) >= 11 is 0. The van der Waals surface area contributed by atoms with Gasteiger partial charge < -0.3 is 14.5 Å². The number of pyridine rings is 1. The van der Waals surface area contributed by atoms with Gasteiger partial charge >= 0.3 is 6.09 Å². The first-order valence-corrected chi connectivity index (χ1v) is 8.38. The van der Waals surface area contributed by atoms with E-state index < -0.39 is 5.60 Å². The van der Waals surface area contributed by atoms with Crippen molar-refractivity contribution in [2.24, 2.45) is 5.92 Å². The third-order valence-electron chi connectivity index (χ3n) is 3.97. The highest BCUT2D eigenvalue weighted by atomic mass is 16.6. The molecule has 2 rings (SSSR count). The molecule has 0 saturated carbocycles. The van der Waals surface area contributed by atoms with Crippen LogP contribution in [0.1, 0.15) is 39.2 Å². The summed E-state index contributed by atoms with van der Waals surface area (Å²) in [5, 5.41) is 0. The van der Waals surface area contributed by atoms with Crippen LogP contribution in [0.3, 0.4) is 0 Å². The number of ether oxygens (including phenoxy) is 1. The number of aromatic nitrogens is 1. The lowest BCUT2D eigenvalue weighted by atomic mass is 9.96. The molecule has 2 amide bonds. The topological polar surface area (TPSA) is 62.7 Å². The fraction of sp³-hybridized carbons (Fsp3) is 0.611. The van der Waals surface area contributed by atoms with Crippen molar-refractivity contribution >= 4 is 12.0 Å². The Morgan fingerprint density at radius 2 is 2.00 bits per heavy atom. The number of likely N-dealkylation sites (tertiary alicyclic amines) is 1.